The molecule has 45 heavy (non-hydrogen) atoms. The molecule has 84 N–H and O–H groups in total. The Kier molecular flexibility index (Phi) is 709000000000. The van der Waals surface area contributed by atoms with E-state index in [1.165, 1.54) is 0 Å². The van der Waals surface area contributed by atoms with Crippen LogP contribution in [0.5, 0.6) is 0 Å². The fourth-order valence-corrected chi connectivity index (χ4v) is 0. The van der Waals surface area contributed by atoms with Crippen molar-refractivity contribution in [3.05, 3.63) is 0 Å². The Morgan fingerprint density at radius 3 is 0.0444 bits per heavy atom. The van der Waals surface area contributed by atoms with Gasteiger partial charge in [-0.15, -0.1) is 0 Å². The van der Waals surface area contributed by atoms with Gasteiger partial charge in [0, 0.05) is 51.2 Å². The third-order valence-electron chi connectivity index (χ3n) is 0. The summed E-state index contributed by atoms with van der Waals surface area (Å²) in [5.74, 6) is 0. The molecule has 0 aliphatic rings. The minimum atomic E-state index is 0. The van der Waals surface area contributed by atoms with Crippen LogP contribution in [-0.4, -0.2) is 230 Å². The van der Waals surface area contributed by atoms with Gasteiger partial charge in [0.2, 0.25) is 0 Å². The fourth-order valence-electron chi connectivity index (χ4n) is 0. The number of hydrogen-bond acceptors (Lipinski definition) is 0. The molecule has 0 amide bonds. The van der Waals surface area contributed by atoms with Crippen molar-refractivity contribution in [1.29, 1.82) is 0 Å². The van der Waals surface area contributed by atoms with Crippen molar-refractivity contribution in [2.75, 3.05) is 0 Å². The molecule has 0 aromatic heterocycles. The Morgan fingerprint density at radius 2 is 0.0444 bits per heavy atom. The van der Waals surface area contributed by atoms with Crippen molar-refractivity contribution >= 4 is 0 Å². The van der Waals surface area contributed by atoms with Crippen LogP contribution in [0.3, 0.4) is 0 Å². The normalized spacial score (nSPS) is 0. The zero-order valence-corrected chi connectivity index (χ0v) is 25.4. The molecule has 0 radical (unpaired) electrons. The Hall–Kier alpha value is -0.122. The molecule has 0 fully saturated rings. The second-order valence-corrected chi connectivity index (χ2v) is 0. The van der Waals surface area contributed by atoms with E-state index in [2.05, 4.69) is 0 Å². The molecule has 0 unspecified atom stereocenters. The van der Waals surface area contributed by atoms with Crippen LogP contribution in [0.4, 0.5) is 0 Å². The Balaban J connectivity index is 0. The quantitative estimate of drug-likeness (QED) is 0.204. The van der Waals surface area contributed by atoms with Gasteiger partial charge in [-0.25, -0.2) is 0 Å². The summed E-state index contributed by atoms with van der Waals surface area (Å²) < 4.78 is 0. The molecule has 0 aromatic rings. The molecule has 0 saturated heterocycles. The first-order chi connectivity index (χ1) is 0. The molecular weight excluding hydrogens is 839 g/mol. The summed E-state index contributed by atoms with van der Waals surface area (Å²) in [6.07, 6.45) is 0. The van der Waals surface area contributed by atoms with Gasteiger partial charge in [0.15, 0.2) is 0 Å². The molecule has 360 valence electrons. The Morgan fingerprint density at radius 1 is 0.0444 bits per heavy atom. The summed E-state index contributed by atoms with van der Waals surface area (Å²) in [6.45, 7) is 0. The van der Waals surface area contributed by atoms with Crippen LogP contribution in [0.25, 0.3) is 0 Å². The van der Waals surface area contributed by atoms with Gasteiger partial charge in [-0.3, -0.25) is 0 Å². The van der Waals surface area contributed by atoms with Gasteiger partial charge >= 0.3 is 0 Å². The maximum Gasteiger partial charge on any atom is 0 e. The first-order valence-electron chi connectivity index (χ1n) is 0. The average molecular weight is 924 g/mol. The minimum Gasteiger partial charge on any atom is -0.412 e. The monoisotopic (exact) mass is 924 g/mol. The van der Waals surface area contributed by atoms with E-state index in [9.17, 15) is 0 Å². The third-order valence-corrected chi connectivity index (χ3v) is 0. The van der Waals surface area contributed by atoms with Crippen molar-refractivity contribution in [1.82, 2.24) is 0 Å². The molecule has 0 atom stereocenters. The first-order valence-corrected chi connectivity index (χ1v) is 0. The van der Waals surface area contributed by atoms with Crippen molar-refractivity contribution in [2.45, 2.75) is 0 Å². The van der Waals surface area contributed by atoms with Crippen LogP contribution in [0.1, 0.15) is 0 Å². The van der Waals surface area contributed by atoms with Gasteiger partial charge in [-0.05, 0) is 0 Å². The van der Waals surface area contributed by atoms with Gasteiger partial charge < -0.3 is 230 Å². The standard InChI is InChI=1S/3Fe.42H2O/h;;;42*1H2. The molecule has 45 heteroatoms. The molecular formula is H84Fe3O42. The van der Waals surface area contributed by atoms with E-state index < -0.39 is 0 Å². The maximum absolute atomic E-state index is 0. The smallest absolute Gasteiger partial charge is 0 e. The van der Waals surface area contributed by atoms with Crippen molar-refractivity contribution in [2.24, 2.45) is 0 Å². The van der Waals surface area contributed by atoms with Crippen molar-refractivity contribution < 1.29 is 281 Å². The van der Waals surface area contributed by atoms with E-state index >= 15 is 0 Å². The van der Waals surface area contributed by atoms with Gasteiger partial charge in [0.1, 0.15) is 0 Å². The van der Waals surface area contributed by atoms with Crippen LogP contribution >= 0.6 is 0 Å². The molecule has 0 aliphatic heterocycles. The van der Waals surface area contributed by atoms with Crippen LogP contribution < -0.4 is 0 Å². The molecule has 0 aromatic carbocycles. The molecule has 0 spiro atoms. The zero-order valence-electron chi connectivity index (χ0n) is 22.1. The van der Waals surface area contributed by atoms with Crippen LogP contribution in [0, 0.1) is 0 Å². The molecule has 0 heterocycles. The molecule has 42 nitrogen and oxygen atoms in total. The van der Waals surface area contributed by atoms with E-state index in [1.807, 2.05) is 0 Å². The minimum absolute atomic E-state index is 0. The van der Waals surface area contributed by atoms with E-state index in [4.69, 9.17) is 0 Å². The second-order valence-electron chi connectivity index (χ2n) is 0. The summed E-state index contributed by atoms with van der Waals surface area (Å²) >= 11 is 0. The maximum atomic E-state index is 0. The fraction of sp³-hybridized carbons (Fsp3) is 0. The van der Waals surface area contributed by atoms with E-state index in [0.29, 0.717) is 0 Å². The summed E-state index contributed by atoms with van der Waals surface area (Å²) in [5, 5.41) is 0. The van der Waals surface area contributed by atoms with Crippen LogP contribution in [0.2, 0.25) is 0 Å². The summed E-state index contributed by atoms with van der Waals surface area (Å²) in [7, 11) is 0. The van der Waals surface area contributed by atoms with Crippen LogP contribution in [-0.2, 0) is 51.2 Å². The molecule has 0 bridgehead atoms. The molecule has 0 saturated carbocycles. The number of hydrogen-bond donors (Lipinski definition) is 0. The van der Waals surface area contributed by atoms with Gasteiger partial charge in [-0.1, -0.05) is 0 Å². The Labute approximate surface area is 281 Å². The average Bonchev–Trinajstić information content (AvgIpc) is 0. The van der Waals surface area contributed by atoms with Crippen molar-refractivity contribution in [3.8, 4) is 0 Å². The topological polar surface area (TPSA) is 1320 Å². The predicted molar refractivity (Wildman–Crippen MR) is 152 cm³/mol. The van der Waals surface area contributed by atoms with Crippen LogP contribution in [0.15, 0.2) is 0 Å². The first kappa shape index (κ1) is 5850000. The summed E-state index contributed by atoms with van der Waals surface area (Å²) in [5.41, 5.74) is 0. The summed E-state index contributed by atoms with van der Waals surface area (Å²) in [6, 6.07) is 0. The molecule has 0 rings (SSSR count). The third kappa shape index (κ3) is 5210000. The largest absolute Gasteiger partial charge is 0.412 e. The summed E-state index contributed by atoms with van der Waals surface area (Å²) in [4.78, 5) is 0. The molecule has 0 aliphatic carbocycles. The Bertz CT molecular complexity index is 15.9. The van der Waals surface area contributed by atoms with E-state index in [-0.39, 0.29) is 281 Å². The van der Waals surface area contributed by atoms with E-state index in [1.54, 1.807) is 0 Å². The van der Waals surface area contributed by atoms with E-state index in [0.717, 1.165) is 0 Å². The SMILES string of the molecule is O.O.O.O.O.O.O.O.O.O.O.O.O.O.O.O.O.O.O.O.O.O.O.O.O.O.O.O.O.O.O.O.O.O.O.O.O.O.O.O.O.O.[Fe].[Fe].[Fe]. The van der Waals surface area contributed by atoms with Gasteiger partial charge in [0.05, 0.1) is 0 Å². The number of rotatable bonds is 0. The van der Waals surface area contributed by atoms with Crippen molar-refractivity contribution in [3.63, 3.8) is 0 Å². The van der Waals surface area contributed by atoms with Gasteiger partial charge in [-0.2, -0.15) is 0 Å². The van der Waals surface area contributed by atoms with Gasteiger partial charge in [0.25, 0.3) is 0 Å². The second kappa shape index (κ2) is 5460000. The predicted octanol–water partition coefficient (Wildman–Crippen LogP) is -34.6. The zero-order chi connectivity index (χ0) is 0.